The molecule has 0 bridgehead atoms. The fourth-order valence-corrected chi connectivity index (χ4v) is 4.03. The Balaban J connectivity index is 2.27. The van der Waals surface area contributed by atoms with E-state index in [9.17, 15) is 26.4 Å². The van der Waals surface area contributed by atoms with Crippen LogP contribution in [0.15, 0.2) is 53.4 Å². The number of hydrogen-bond donors (Lipinski definition) is 1. The van der Waals surface area contributed by atoms with Gasteiger partial charge in [-0.25, -0.2) is 8.42 Å². The number of hydrogen-bond acceptors (Lipinski definition) is 4. The van der Waals surface area contributed by atoms with E-state index in [-0.39, 0.29) is 17.0 Å². The maximum Gasteiger partial charge on any atom is 0.418 e. The number of amides is 1. The highest BCUT2D eigenvalue weighted by atomic mass is 32.2. The van der Waals surface area contributed by atoms with Crippen molar-refractivity contribution in [3.05, 3.63) is 59.7 Å². The topological polar surface area (TPSA) is 90.3 Å². The molecule has 1 N–H and O–H groups in total. The number of nitrogens with zero attached hydrogens (tertiary/aromatic N) is 2. The van der Waals surface area contributed by atoms with Crippen LogP contribution in [0, 0.1) is 11.3 Å². The van der Waals surface area contributed by atoms with Crippen molar-refractivity contribution in [3.63, 3.8) is 0 Å². The highest BCUT2D eigenvalue weighted by Crippen LogP contribution is 2.34. The van der Waals surface area contributed by atoms with Crippen molar-refractivity contribution in [1.29, 1.82) is 5.26 Å². The van der Waals surface area contributed by atoms with Gasteiger partial charge in [0.25, 0.3) is 0 Å². The van der Waals surface area contributed by atoms with Crippen LogP contribution in [0.1, 0.15) is 18.1 Å². The predicted octanol–water partition coefficient (Wildman–Crippen LogP) is 3.23. The molecular weight excluding hydrogens is 395 g/mol. The minimum atomic E-state index is -4.67. The van der Waals surface area contributed by atoms with Crippen molar-refractivity contribution in [3.8, 4) is 6.07 Å². The lowest BCUT2D eigenvalue weighted by molar-refractivity contribution is -0.137. The molecule has 2 aromatic carbocycles. The summed E-state index contributed by atoms with van der Waals surface area (Å²) in [5, 5.41) is 11.2. The van der Waals surface area contributed by atoms with Gasteiger partial charge < -0.3 is 5.32 Å². The molecule has 0 heterocycles. The van der Waals surface area contributed by atoms with E-state index in [4.69, 9.17) is 5.26 Å². The number of para-hydroxylation sites is 1. The molecular formula is C18H16F3N3O3S. The highest BCUT2D eigenvalue weighted by Gasteiger charge is 2.34. The average Bonchev–Trinajstić information content (AvgIpc) is 2.65. The fourth-order valence-electron chi connectivity index (χ4n) is 2.48. The van der Waals surface area contributed by atoms with E-state index in [2.05, 4.69) is 5.32 Å². The first-order valence-electron chi connectivity index (χ1n) is 8.06. The summed E-state index contributed by atoms with van der Waals surface area (Å²) < 4.78 is 65.4. The summed E-state index contributed by atoms with van der Waals surface area (Å²) in [4.78, 5) is 12.0. The molecule has 0 saturated carbocycles. The van der Waals surface area contributed by atoms with Crippen molar-refractivity contribution in [2.45, 2.75) is 18.0 Å². The van der Waals surface area contributed by atoms with Crippen molar-refractivity contribution < 1.29 is 26.4 Å². The quantitative estimate of drug-likeness (QED) is 0.790. The Bertz CT molecular complexity index is 1010. The Hall–Kier alpha value is -2.90. The van der Waals surface area contributed by atoms with E-state index in [1.165, 1.54) is 43.3 Å². The van der Waals surface area contributed by atoms with Gasteiger partial charge in [0.05, 0.1) is 28.3 Å². The summed E-state index contributed by atoms with van der Waals surface area (Å²) in [6.07, 6.45) is -4.67. The molecule has 0 aliphatic carbocycles. The minimum Gasteiger partial charge on any atom is -0.324 e. The third-order valence-electron chi connectivity index (χ3n) is 3.80. The number of carbonyl (C=O) groups excluding carboxylic acids is 1. The molecule has 10 heteroatoms. The number of rotatable bonds is 6. The second kappa shape index (κ2) is 8.41. The normalized spacial score (nSPS) is 11.9. The predicted molar refractivity (Wildman–Crippen MR) is 95.7 cm³/mol. The van der Waals surface area contributed by atoms with Gasteiger partial charge in [-0.3, -0.25) is 4.79 Å². The molecule has 1 amide bonds. The van der Waals surface area contributed by atoms with Crippen LogP contribution in [0.25, 0.3) is 0 Å². The molecule has 0 aromatic heterocycles. The summed E-state index contributed by atoms with van der Waals surface area (Å²) in [7, 11) is -4.19. The second-order valence-electron chi connectivity index (χ2n) is 5.63. The van der Waals surface area contributed by atoms with Crippen LogP contribution in [0.2, 0.25) is 0 Å². The standard InChI is InChI=1S/C18H16F3N3O3S/c1-2-24(28(26,27)16-10-6-3-7-13(16)11-22)12-17(25)23-15-9-5-4-8-14(15)18(19,20)21/h3-10H,2,12H2,1H3,(H,23,25). The average molecular weight is 411 g/mol. The number of sulfonamides is 1. The van der Waals surface area contributed by atoms with Crippen LogP contribution in [0.5, 0.6) is 0 Å². The monoisotopic (exact) mass is 411 g/mol. The molecule has 0 saturated heterocycles. The minimum absolute atomic E-state index is 0.0937. The summed E-state index contributed by atoms with van der Waals surface area (Å²) >= 11 is 0. The van der Waals surface area contributed by atoms with Crippen molar-refractivity contribution in [2.75, 3.05) is 18.4 Å². The highest BCUT2D eigenvalue weighted by molar-refractivity contribution is 7.89. The molecule has 0 aliphatic heterocycles. The second-order valence-corrected chi connectivity index (χ2v) is 7.54. The zero-order valence-corrected chi connectivity index (χ0v) is 15.5. The number of alkyl halides is 3. The molecule has 2 rings (SSSR count). The third kappa shape index (κ3) is 4.68. The first-order chi connectivity index (χ1) is 13.1. The zero-order chi connectivity index (χ0) is 20.9. The van der Waals surface area contributed by atoms with Crippen molar-refractivity contribution >= 4 is 21.6 Å². The number of benzene rings is 2. The molecule has 6 nitrogen and oxygen atoms in total. The molecule has 0 radical (unpaired) electrons. The van der Waals surface area contributed by atoms with Gasteiger partial charge in [0.2, 0.25) is 15.9 Å². The number of anilines is 1. The SMILES string of the molecule is CCN(CC(=O)Nc1ccccc1C(F)(F)F)S(=O)(=O)c1ccccc1C#N. The Morgan fingerprint density at radius 3 is 2.36 bits per heavy atom. The third-order valence-corrected chi connectivity index (χ3v) is 5.78. The molecule has 0 aliphatic rings. The molecule has 0 unspecified atom stereocenters. The van der Waals surface area contributed by atoms with Crippen LogP contribution in [-0.4, -0.2) is 31.7 Å². The summed E-state index contributed by atoms with van der Waals surface area (Å²) in [5.41, 5.74) is -1.60. The Labute approximate surface area is 160 Å². The number of halogens is 3. The van der Waals surface area contributed by atoms with E-state index in [1.807, 2.05) is 0 Å². The van der Waals surface area contributed by atoms with E-state index >= 15 is 0 Å². The van der Waals surface area contributed by atoms with Gasteiger partial charge >= 0.3 is 6.18 Å². The summed E-state index contributed by atoms with van der Waals surface area (Å²) in [6.45, 7) is 0.657. The Morgan fingerprint density at radius 2 is 1.75 bits per heavy atom. The first kappa shape index (κ1) is 21.4. The lowest BCUT2D eigenvalue weighted by atomic mass is 10.1. The maximum atomic E-state index is 13.0. The molecule has 0 atom stereocenters. The van der Waals surface area contributed by atoms with Crippen molar-refractivity contribution in [1.82, 2.24) is 4.31 Å². The van der Waals surface area contributed by atoms with Gasteiger partial charge in [-0.05, 0) is 24.3 Å². The van der Waals surface area contributed by atoms with Crippen LogP contribution in [0.4, 0.5) is 18.9 Å². The molecule has 0 fully saturated rings. The van der Waals surface area contributed by atoms with E-state index in [0.717, 1.165) is 16.4 Å². The van der Waals surface area contributed by atoms with Crippen LogP contribution < -0.4 is 5.32 Å². The van der Waals surface area contributed by atoms with E-state index in [0.29, 0.717) is 0 Å². The molecule has 28 heavy (non-hydrogen) atoms. The number of likely N-dealkylation sites (N-methyl/N-ethyl adjacent to an activating group) is 1. The zero-order valence-electron chi connectivity index (χ0n) is 14.7. The van der Waals surface area contributed by atoms with Gasteiger partial charge in [0.1, 0.15) is 6.07 Å². The summed E-state index contributed by atoms with van der Waals surface area (Å²) in [5.74, 6) is -0.934. The number of nitrogens with one attached hydrogen (secondary N) is 1. The van der Waals surface area contributed by atoms with Crippen LogP contribution >= 0.6 is 0 Å². The fraction of sp³-hybridized carbons (Fsp3) is 0.222. The van der Waals surface area contributed by atoms with E-state index < -0.39 is 39.9 Å². The van der Waals surface area contributed by atoms with Gasteiger partial charge in [0, 0.05) is 6.54 Å². The lowest BCUT2D eigenvalue weighted by Crippen LogP contribution is -2.38. The Kier molecular flexibility index (Phi) is 6.43. The summed E-state index contributed by atoms with van der Waals surface area (Å²) in [6, 6.07) is 11.6. The number of carbonyl (C=O) groups is 1. The van der Waals surface area contributed by atoms with Crippen molar-refractivity contribution in [2.24, 2.45) is 0 Å². The largest absolute Gasteiger partial charge is 0.418 e. The molecule has 148 valence electrons. The molecule has 2 aromatic rings. The van der Waals surface area contributed by atoms with Gasteiger partial charge in [0.15, 0.2) is 0 Å². The number of nitriles is 1. The maximum absolute atomic E-state index is 13.0. The Morgan fingerprint density at radius 1 is 1.14 bits per heavy atom. The van der Waals surface area contributed by atoms with Gasteiger partial charge in [-0.15, -0.1) is 0 Å². The van der Waals surface area contributed by atoms with Gasteiger partial charge in [-0.2, -0.15) is 22.7 Å². The lowest BCUT2D eigenvalue weighted by Gasteiger charge is -2.21. The van der Waals surface area contributed by atoms with Gasteiger partial charge in [-0.1, -0.05) is 31.2 Å². The van der Waals surface area contributed by atoms with Crippen LogP contribution in [0.3, 0.4) is 0 Å². The van der Waals surface area contributed by atoms with Crippen LogP contribution in [-0.2, 0) is 21.0 Å². The smallest absolute Gasteiger partial charge is 0.324 e. The first-order valence-corrected chi connectivity index (χ1v) is 9.50. The molecule has 0 spiro atoms. The van der Waals surface area contributed by atoms with E-state index in [1.54, 1.807) is 6.07 Å².